The molecular weight excluding hydrogens is 279 g/mol. The first-order chi connectivity index (χ1) is 9.61. The summed E-state index contributed by atoms with van der Waals surface area (Å²) >= 11 is 6.04. The number of carbonyl (C=O) groups is 1. The van der Waals surface area contributed by atoms with Gasteiger partial charge in [-0.3, -0.25) is 4.79 Å². The van der Waals surface area contributed by atoms with Gasteiger partial charge in [-0.15, -0.1) is 0 Å². The lowest BCUT2D eigenvalue weighted by Gasteiger charge is -2.34. The van der Waals surface area contributed by atoms with Crippen molar-refractivity contribution in [1.29, 1.82) is 0 Å². The Balaban J connectivity index is 0.000000956. The van der Waals surface area contributed by atoms with Crippen LogP contribution in [-0.2, 0) is 4.79 Å². The Morgan fingerprint density at radius 2 is 2.20 bits per heavy atom. The number of hydrogen-bond donors (Lipinski definition) is 1. The van der Waals surface area contributed by atoms with Gasteiger partial charge in [0.25, 0.3) is 0 Å². The predicted molar refractivity (Wildman–Crippen MR) is 80.4 cm³/mol. The lowest BCUT2D eigenvalue weighted by Crippen LogP contribution is -2.48. The minimum Gasteiger partial charge on any atom is -0.340 e. The van der Waals surface area contributed by atoms with Crippen LogP contribution in [0.3, 0.4) is 0 Å². The van der Waals surface area contributed by atoms with Gasteiger partial charge >= 0.3 is 0 Å². The first-order valence-corrected chi connectivity index (χ1v) is 7.45. The quantitative estimate of drug-likeness (QED) is 0.908. The molecule has 1 aromatic carbocycles. The summed E-state index contributed by atoms with van der Waals surface area (Å²) in [5, 5.41) is 3.71. The second-order valence-corrected chi connectivity index (χ2v) is 4.77. The molecule has 0 aliphatic carbocycles. The molecule has 0 aromatic heterocycles. The van der Waals surface area contributed by atoms with Gasteiger partial charge < -0.3 is 10.2 Å². The molecule has 2 rings (SSSR count). The molecule has 1 aliphatic heterocycles. The van der Waals surface area contributed by atoms with Crippen LogP contribution in [0, 0.1) is 5.82 Å². The number of hydrogen-bond acceptors (Lipinski definition) is 2. The van der Waals surface area contributed by atoms with Gasteiger partial charge in [0.1, 0.15) is 5.82 Å². The Hall–Kier alpha value is -1.13. The van der Waals surface area contributed by atoms with Crippen molar-refractivity contribution >= 4 is 17.5 Å². The van der Waals surface area contributed by atoms with Gasteiger partial charge in [0.15, 0.2) is 0 Å². The molecule has 1 saturated heterocycles. The van der Waals surface area contributed by atoms with E-state index in [1.807, 2.05) is 25.7 Å². The van der Waals surface area contributed by atoms with E-state index in [2.05, 4.69) is 5.32 Å². The number of benzene rings is 1. The fourth-order valence-electron chi connectivity index (χ4n) is 2.19. The van der Waals surface area contributed by atoms with Crippen molar-refractivity contribution in [2.45, 2.75) is 33.2 Å². The van der Waals surface area contributed by atoms with Crippen molar-refractivity contribution in [3.05, 3.63) is 34.6 Å². The summed E-state index contributed by atoms with van der Waals surface area (Å²) in [7, 11) is 0. The molecule has 5 heteroatoms. The Bertz CT molecular complexity index is 453. The summed E-state index contributed by atoms with van der Waals surface area (Å²) in [5.74, 6) is -0.208. The zero-order valence-electron chi connectivity index (χ0n) is 12.2. The topological polar surface area (TPSA) is 32.3 Å². The van der Waals surface area contributed by atoms with Crippen LogP contribution in [0.4, 0.5) is 4.39 Å². The average molecular weight is 301 g/mol. The third-order valence-electron chi connectivity index (χ3n) is 3.17. The SMILES string of the molecule is CC.CCC(=O)N1CCNC(c2ccc(F)cc2Cl)C1. The van der Waals surface area contributed by atoms with E-state index < -0.39 is 0 Å². The van der Waals surface area contributed by atoms with Gasteiger partial charge in [-0.05, 0) is 17.7 Å². The maximum absolute atomic E-state index is 13.0. The molecule has 3 nitrogen and oxygen atoms in total. The van der Waals surface area contributed by atoms with Crippen LogP contribution in [0.15, 0.2) is 18.2 Å². The predicted octanol–water partition coefficient (Wildman–Crippen LogP) is 3.39. The van der Waals surface area contributed by atoms with Crippen LogP contribution < -0.4 is 5.32 Å². The number of amides is 1. The first-order valence-electron chi connectivity index (χ1n) is 7.08. The van der Waals surface area contributed by atoms with Gasteiger partial charge in [-0.2, -0.15) is 0 Å². The van der Waals surface area contributed by atoms with Crippen LogP contribution in [0.1, 0.15) is 38.8 Å². The number of halogens is 2. The zero-order valence-corrected chi connectivity index (χ0v) is 13.0. The summed E-state index contributed by atoms with van der Waals surface area (Å²) in [5.41, 5.74) is 0.840. The maximum Gasteiger partial charge on any atom is 0.222 e. The Kier molecular flexibility index (Phi) is 6.96. The summed E-state index contributed by atoms with van der Waals surface area (Å²) in [4.78, 5) is 13.5. The van der Waals surface area contributed by atoms with Gasteiger partial charge in [-0.25, -0.2) is 4.39 Å². The van der Waals surface area contributed by atoms with Crippen molar-refractivity contribution in [3.63, 3.8) is 0 Å². The molecule has 0 radical (unpaired) electrons. The molecule has 1 aliphatic rings. The fraction of sp³-hybridized carbons (Fsp3) is 0.533. The van der Waals surface area contributed by atoms with E-state index in [9.17, 15) is 9.18 Å². The molecule has 1 atom stereocenters. The molecule has 0 spiro atoms. The Morgan fingerprint density at radius 3 is 2.80 bits per heavy atom. The van der Waals surface area contributed by atoms with Crippen LogP contribution in [0.25, 0.3) is 0 Å². The number of rotatable bonds is 2. The van der Waals surface area contributed by atoms with E-state index in [0.717, 1.165) is 12.1 Å². The molecule has 112 valence electrons. The Labute approximate surface area is 125 Å². The molecule has 1 unspecified atom stereocenters. The van der Waals surface area contributed by atoms with Crippen LogP contribution in [-0.4, -0.2) is 30.4 Å². The second kappa shape index (κ2) is 8.22. The van der Waals surface area contributed by atoms with Crippen molar-refractivity contribution in [1.82, 2.24) is 10.2 Å². The summed E-state index contributed by atoms with van der Waals surface area (Å²) in [6.45, 7) is 7.87. The number of piperazine rings is 1. The molecule has 1 N–H and O–H groups in total. The highest BCUT2D eigenvalue weighted by Crippen LogP contribution is 2.26. The van der Waals surface area contributed by atoms with Crippen molar-refractivity contribution < 1.29 is 9.18 Å². The average Bonchev–Trinajstić information content (AvgIpc) is 2.48. The minimum absolute atomic E-state index is 0.0256. The second-order valence-electron chi connectivity index (χ2n) is 4.37. The largest absolute Gasteiger partial charge is 0.340 e. The van der Waals surface area contributed by atoms with Crippen LogP contribution in [0.2, 0.25) is 5.02 Å². The van der Waals surface area contributed by atoms with Crippen molar-refractivity contribution in [2.24, 2.45) is 0 Å². The minimum atomic E-state index is -0.346. The zero-order chi connectivity index (χ0) is 15.1. The van der Waals surface area contributed by atoms with Gasteiger partial charge in [0, 0.05) is 31.1 Å². The molecular formula is C15H22ClFN2O. The molecule has 20 heavy (non-hydrogen) atoms. The van der Waals surface area contributed by atoms with Crippen molar-refractivity contribution in [2.75, 3.05) is 19.6 Å². The maximum atomic E-state index is 13.0. The third kappa shape index (κ3) is 4.18. The third-order valence-corrected chi connectivity index (χ3v) is 3.50. The first kappa shape index (κ1) is 16.9. The standard InChI is InChI=1S/C13H16ClFN2O.C2H6/c1-2-13(18)17-6-5-16-12(8-17)10-4-3-9(15)7-11(10)14;1-2/h3-4,7,12,16H,2,5-6,8H2,1H3;1-2H3. The van der Waals surface area contributed by atoms with Crippen LogP contribution >= 0.6 is 11.6 Å². The summed E-state index contributed by atoms with van der Waals surface area (Å²) < 4.78 is 13.0. The fourth-order valence-corrected chi connectivity index (χ4v) is 2.49. The number of nitrogens with one attached hydrogen (secondary N) is 1. The molecule has 1 aromatic rings. The molecule has 0 bridgehead atoms. The summed E-state index contributed by atoms with van der Waals surface area (Å²) in [6.07, 6.45) is 0.504. The molecule has 1 heterocycles. The Morgan fingerprint density at radius 1 is 1.50 bits per heavy atom. The molecule has 1 amide bonds. The number of nitrogens with zero attached hydrogens (tertiary/aromatic N) is 1. The van der Waals surface area contributed by atoms with E-state index in [1.54, 1.807) is 6.07 Å². The van der Waals surface area contributed by atoms with Crippen LogP contribution in [0.5, 0.6) is 0 Å². The van der Waals surface area contributed by atoms with Crippen molar-refractivity contribution in [3.8, 4) is 0 Å². The highest BCUT2D eigenvalue weighted by Gasteiger charge is 2.24. The van der Waals surface area contributed by atoms with E-state index in [4.69, 9.17) is 11.6 Å². The molecule has 0 saturated carbocycles. The van der Waals surface area contributed by atoms with E-state index in [1.165, 1.54) is 12.1 Å². The highest BCUT2D eigenvalue weighted by atomic mass is 35.5. The lowest BCUT2D eigenvalue weighted by atomic mass is 10.0. The number of carbonyl (C=O) groups excluding carboxylic acids is 1. The monoisotopic (exact) mass is 300 g/mol. The van der Waals surface area contributed by atoms with E-state index in [0.29, 0.717) is 24.5 Å². The van der Waals surface area contributed by atoms with E-state index in [-0.39, 0.29) is 17.8 Å². The lowest BCUT2D eigenvalue weighted by molar-refractivity contribution is -0.132. The molecule has 1 fully saturated rings. The smallest absolute Gasteiger partial charge is 0.222 e. The highest BCUT2D eigenvalue weighted by molar-refractivity contribution is 6.31. The summed E-state index contributed by atoms with van der Waals surface area (Å²) in [6, 6.07) is 4.35. The normalized spacial score (nSPS) is 18.2. The van der Waals surface area contributed by atoms with Gasteiger partial charge in [0.2, 0.25) is 5.91 Å². The van der Waals surface area contributed by atoms with Gasteiger partial charge in [-0.1, -0.05) is 38.4 Å². The van der Waals surface area contributed by atoms with Gasteiger partial charge in [0.05, 0.1) is 6.04 Å². The van der Waals surface area contributed by atoms with E-state index >= 15 is 0 Å².